The summed E-state index contributed by atoms with van der Waals surface area (Å²) in [6.07, 6.45) is 4.92. The highest BCUT2D eigenvalue weighted by molar-refractivity contribution is 5.43. The van der Waals surface area contributed by atoms with E-state index in [0.29, 0.717) is 18.4 Å². The molecule has 6 heteroatoms. The van der Waals surface area contributed by atoms with Crippen LogP contribution in [0.25, 0.3) is 0 Å². The molecule has 1 fully saturated rings. The fourth-order valence-electron chi connectivity index (χ4n) is 2.93. The summed E-state index contributed by atoms with van der Waals surface area (Å²) in [6.45, 7) is -0.307. The normalized spacial score (nSPS) is 19.5. The molecule has 3 rings (SSSR count). The number of nitrogens with zero attached hydrogens (tertiary/aromatic N) is 3. The van der Waals surface area contributed by atoms with Crippen LogP contribution in [0.2, 0.25) is 0 Å². The molecule has 22 heavy (non-hydrogen) atoms. The molecule has 1 N–H and O–H groups in total. The second-order valence-corrected chi connectivity index (χ2v) is 5.61. The third-order valence-electron chi connectivity index (χ3n) is 3.97. The number of imidazole rings is 1. The van der Waals surface area contributed by atoms with Crippen molar-refractivity contribution in [1.29, 1.82) is 0 Å². The van der Waals surface area contributed by atoms with Gasteiger partial charge in [0.2, 0.25) is 0 Å². The maximum atomic E-state index is 12.9. The Bertz CT molecular complexity index is 585. The molecule has 0 radical (unpaired) electrons. The Hall–Kier alpha value is -1.95. The number of para-hydroxylation sites is 1. The predicted octanol–water partition coefficient (Wildman–Crippen LogP) is 3.35. The van der Waals surface area contributed by atoms with Crippen molar-refractivity contribution in [1.82, 2.24) is 14.5 Å². The second kappa shape index (κ2) is 6.87. The third-order valence-corrected chi connectivity index (χ3v) is 3.97. The zero-order valence-corrected chi connectivity index (χ0v) is 12.3. The number of piperidine rings is 1. The van der Waals surface area contributed by atoms with E-state index in [1.54, 1.807) is 0 Å². The summed E-state index contributed by atoms with van der Waals surface area (Å²) >= 11 is 0. The van der Waals surface area contributed by atoms with Crippen LogP contribution in [-0.2, 0) is 6.54 Å². The molecule has 1 aromatic carbocycles. The van der Waals surface area contributed by atoms with E-state index in [4.69, 9.17) is 0 Å². The largest absolute Gasteiger partial charge is 0.381 e. The number of halogens is 2. The Morgan fingerprint density at radius 1 is 1.27 bits per heavy atom. The Labute approximate surface area is 128 Å². The average molecular weight is 306 g/mol. The minimum atomic E-state index is -2.53. The first-order chi connectivity index (χ1) is 10.7. The molecule has 0 unspecified atom stereocenters. The van der Waals surface area contributed by atoms with E-state index in [-0.39, 0.29) is 0 Å². The molecular formula is C16H20F2N4. The number of likely N-dealkylation sites (tertiary alicyclic amines) is 1. The number of nitrogens with one attached hydrogen (secondary N) is 1. The van der Waals surface area contributed by atoms with Gasteiger partial charge in [0.1, 0.15) is 5.82 Å². The molecule has 1 aliphatic heterocycles. The summed E-state index contributed by atoms with van der Waals surface area (Å²) in [5, 5.41) is 3.51. The Morgan fingerprint density at radius 2 is 2.09 bits per heavy atom. The van der Waals surface area contributed by atoms with Crippen LogP contribution < -0.4 is 5.32 Å². The Balaban J connectivity index is 1.60. The maximum Gasteiger partial charge on any atom is 0.319 e. The van der Waals surface area contributed by atoms with Gasteiger partial charge in [-0.3, -0.25) is 9.47 Å². The van der Waals surface area contributed by atoms with Crippen molar-refractivity contribution in [3.63, 3.8) is 0 Å². The first-order valence-corrected chi connectivity index (χ1v) is 7.56. The highest BCUT2D eigenvalue weighted by Crippen LogP contribution is 2.19. The average Bonchev–Trinajstić information content (AvgIpc) is 2.97. The molecule has 1 aromatic heterocycles. The lowest BCUT2D eigenvalue weighted by Gasteiger charge is -2.33. The SMILES string of the molecule is FC(F)n1ccnc1CN1CCC[C@@H](Nc2ccccc2)C1. The monoisotopic (exact) mass is 306 g/mol. The molecule has 0 aliphatic carbocycles. The van der Waals surface area contributed by atoms with E-state index in [2.05, 4.69) is 15.2 Å². The minimum Gasteiger partial charge on any atom is -0.381 e. The van der Waals surface area contributed by atoms with Crippen LogP contribution in [-0.4, -0.2) is 33.6 Å². The fraction of sp³-hybridized carbons (Fsp3) is 0.438. The van der Waals surface area contributed by atoms with Crippen molar-refractivity contribution >= 4 is 5.69 Å². The smallest absolute Gasteiger partial charge is 0.319 e. The van der Waals surface area contributed by atoms with Gasteiger partial charge in [-0.05, 0) is 31.5 Å². The summed E-state index contributed by atoms with van der Waals surface area (Å²) in [5.74, 6) is 0.426. The van der Waals surface area contributed by atoms with Crippen molar-refractivity contribution in [2.45, 2.75) is 32.0 Å². The van der Waals surface area contributed by atoms with Crippen LogP contribution in [0, 0.1) is 0 Å². The number of alkyl halides is 2. The zero-order chi connectivity index (χ0) is 15.4. The van der Waals surface area contributed by atoms with Gasteiger partial charge < -0.3 is 5.32 Å². The number of anilines is 1. The summed E-state index contributed by atoms with van der Waals surface area (Å²) in [4.78, 5) is 6.25. The van der Waals surface area contributed by atoms with Gasteiger partial charge in [0, 0.05) is 30.7 Å². The number of aromatic nitrogens is 2. The summed E-state index contributed by atoms with van der Waals surface area (Å²) in [5.41, 5.74) is 1.10. The summed E-state index contributed by atoms with van der Waals surface area (Å²) < 4.78 is 26.7. The summed E-state index contributed by atoms with van der Waals surface area (Å²) in [7, 11) is 0. The topological polar surface area (TPSA) is 33.1 Å². The fourth-order valence-corrected chi connectivity index (χ4v) is 2.93. The molecule has 1 saturated heterocycles. The lowest BCUT2D eigenvalue weighted by Crippen LogP contribution is -2.42. The van der Waals surface area contributed by atoms with Crippen LogP contribution >= 0.6 is 0 Å². The molecule has 0 amide bonds. The van der Waals surface area contributed by atoms with Crippen molar-refractivity contribution < 1.29 is 8.78 Å². The standard InChI is InChI=1S/C16H20F2N4/c17-16(18)22-10-8-19-15(22)12-21-9-4-7-14(11-21)20-13-5-2-1-3-6-13/h1-3,5-6,8,10,14,16,20H,4,7,9,11-12H2/t14-/m1/s1. The number of benzene rings is 1. The Kier molecular flexibility index (Phi) is 4.68. The molecule has 2 heterocycles. The van der Waals surface area contributed by atoms with Crippen LogP contribution in [0.5, 0.6) is 0 Å². The molecule has 0 spiro atoms. The lowest BCUT2D eigenvalue weighted by molar-refractivity contribution is 0.0630. The van der Waals surface area contributed by atoms with E-state index < -0.39 is 6.55 Å². The van der Waals surface area contributed by atoms with Crippen LogP contribution in [0.15, 0.2) is 42.7 Å². The maximum absolute atomic E-state index is 12.9. The molecule has 118 valence electrons. The first-order valence-electron chi connectivity index (χ1n) is 7.56. The van der Waals surface area contributed by atoms with Gasteiger partial charge in [-0.15, -0.1) is 0 Å². The van der Waals surface area contributed by atoms with Crippen LogP contribution in [0.4, 0.5) is 14.5 Å². The predicted molar refractivity (Wildman–Crippen MR) is 81.8 cm³/mol. The van der Waals surface area contributed by atoms with Gasteiger partial charge in [0.05, 0.1) is 6.54 Å². The van der Waals surface area contributed by atoms with Gasteiger partial charge in [-0.25, -0.2) is 4.98 Å². The van der Waals surface area contributed by atoms with Crippen molar-refractivity contribution in [3.05, 3.63) is 48.5 Å². The van der Waals surface area contributed by atoms with Gasteiger partial charge in [0.25, 0.3) is 0 Å². The lowest BCUT2D eigenvalue weighted by atomic mass is 10.1. The van der Waals surface area contributed by atoms with E-state index in [1.165, 1.54) is 12.4 Å². The van der Waals surface area contributed by atoms with Crippen LogP contribution in [0.1, 0.15) is 25.2 Å². The van der Waals surface area contributed by atoms with Gasteiger partial charge in [0.15, 0.2) is 0 Å². The first kappa shape index (κ1) is 15.0. The number of hydrogen-bond acceptors (Lipinski definition) is 3. The van der Waals surface area contributed by atoms with Gasteiger partial charge in [-0.1, -0.05) is 18.2 Å². The Morgan fingerprint density at radius 3 is 2.86 bits per heavy atom. The third kappa shape index (κ3) is 3.62. The number of hydrogen-bond donors (Lipinski definition) is 1. The molecule has 4 nitrogen and oxygen atoms in total. The van der Waals surface area contributed by atoms with E-state index in [9.17, 15) is 8.78 Å². The van der Waals surface area contributed by atoms with E-state index in [0.717, 1.165) is 36.2 Å². The van der Waals surface area contributed by atoms with Gasteiger partial charge >= 0.3 is 6.55 Å². The van der Waals surface area contributed by atoms with Crippen molar-refractivity contribution in [2.75, 3.05) is 18.4 Å². The molecule has 0 bridgehead atoms. The summed E-state index contributed by atoms with van der Waals surface area (Å²) in [6, 6.07) is 10.4. The van der Waals surface area contributed by atoms with E-state index >= 15 is 0 Å². The molecule has 0 saturated carbocycles. The van der Waals surface area contributed by atoms with Crippen molar-refractivity contribution in [3.8, 4) is 0 Å². The number of rotatable bonds is 5. The van der Waals surface area contributed by atoms with Gasteiger partial charge in [-0.2, -0.15) is 8.78 Å². The molecular weight excluding hydrogens is 286 g/mol. The zero-order valence-electron chi connectivity index (χ0n) is 12.3. The van der Waals surface area contributed by atoms with Crippen LogP contribution in [0.3, 0.4) is 0 Å². The van der Waals surface area contributed by atoms with Crippen molar-refractivity contribution in [2.24, 2.45) is 0 Å². The second-order valence-electron chi connectivity index (χ2n) is 5.61. The molecule has 1 aliphatic rings. The highest BCUT2D eigenvalue weighted by Gasteiger charge is 2.22. The van der Waals surface area contributed by atoms with E-state index in [1.807, 2.05) is 30.3 Å². The molecule has 2 aromatic rings. The highest BCUT2D eigenvalue weighted by atomic mass is 19.3. The quantitative estimate of drug-likeness (QED) is 0.919. The minimum absolute atomic E-state index is 0.339. The molecule has 1 atom stereocenters.